The van der Waals surface area contributed by atoms with Gasteiger partial charge in [0.1, 0.15) is 11.5 Å². The van der Waals surface area contributed by atoms with Crippen molar-refractivity contribution < 1.29 is 9.21 Å². The van der Waals surface area contributed by atoms with Gasteiger partial charge in [-0.2, -0.15) is 10.2 Å². The lowest BCUT2D eigenvalue weighted by Crippen LogP contribution is -2.27. The van der Waals surface area contributed by atoms with Crippen molar-refractivity contribution >= 4 is 5.91 Å². The van der Waals surface area contributed by atoms with E-state index in [4.69, 9.17) is 4.42 Å². The normalized spacial score (nSPS) is 13.6. The topological polar surface area (TPSA) is 112 Å². The maximum atomic E-state index is 12.3. The summed E-state index contributed by atoms with van der Waals surface area (Å²) in [5.41, 5.74) is 0.937. The van der Waals surface area contributed by atoms with Gasteiger partial charge in [-0.1, -0.05) is 13.8 Å². The Morgan fingerprint density at radius 2 is 2.17 bits per heavy atom. The fraction of sp³-hybridized carbons (Fsp3) is 0.375. The van der Waals surface area contributed by atoms with Crippen LogP contribution in [0.25, 0.3) is 11.5 Å². The van der Waals surface area contributed by atoms with Crippen LogP contribution in [0.1, 0.15) is 61.3 Å². The third-order valence-electron chi connectivity index (χ3n) is 3.93. The first-order chi connectivity index (χ1) is 11.6. The number of carbonyl (C=O) groups excluding carboxylic acids is 1. The molecule has 0 aliphatic rings. The Morgan fingerprint density at radius 1 is 1.33 bits per heavy atom. The van der Waals surface area contributed by atoms with E-state index in [0.717, 1.165) is 12.2 Å². The fourth-order valence-corrected chi connectivity index (χ4v) is 2.22. The minimum absolute atomic E-state index is 0.278. The fourth-order valence-electron chi connectivity index (χ4n) is 2.22. The summed E-state index contributed by atoms with van der Waals surface area (Å²) in [5, 5.41) is 16.8. The molecule has 3 heterocycles. The molecule has 0 bridgehead atoms. The molecule has 2 atom stereocenters. The summed E-state index contributed by atoms with van der Waals surface area (Å²) in [6.07, 6.45) is 2.53. The molecule has 8 heteroatoms. The van der Waals surface area contributed by atoms with Crippen LogP contribution in [0.15, 0.2) is 28.9 Å². The van der Waals surface area contributed by atoms with E-state index >= 15 is 0 Å². The summed E-state index contributed by atoms with van der Waals surface area (Å²) in [6.45, 7) is 6.00. The van der Waals surface area contributed by atoms with Crippen molar-refractivity contribution in [2.24, 2.45) is 0 Å². The summed E-state index contributed by atoms with van der Waals surface area (Å²) >= 11 is 0. The molecular formula is C16H20N6O2. The molecule has 3 rings (SSSR count). The number of hydrogen-bond donors (Lipinski definition) is 3. The van der Waals surface area contributed by atoms with E-state index in [2.05, 4.69) is 44.5 Å². The van der Waals surface area contributed by atoms with Crippen molar-refractivity contribution in [3.8, 4) is 11.5 Å². The van der Waals surface area contributed by atoms with Gasteiger partial charge in [0, 0.05) is 12.0 Å². The lowest BCUT2D eigenvalue weighted by atomic mass is 10.1. The lowest BCUT2D eigenvalue weighted by Gasteiger charge is -2.09. The van der Waals surface area contributed by atoms with Crippen LogP contribution in [-0.2, 0) is 0 Å². The predicted molar refractivity (Wildman–Crippen MR) is 87.3 cm³/mol. The Balaban J connectivity index is 1.67. The molecule has 0 saturated heterocycles. The van der Waals surface area contributed by atoms with Crippen LogP contribution in [0.4, 0.5) is 0 Å². The smallest absolute Gasteiger partial charge is 0.272 e. The van der Waals surface area contributed by atoms with E-state index in [1.807, 2.05) is 6.92 Å². The van der Waals surface area contributed by atoms with Gasteiger partial charge in [-0.3, -0.25) is 15.0 Å². The lowest BCUT2D eigenvalue weighted by molar-refractivity contribution is 0.0933. The highest BCUT2D eigenvalue weighted by atomic mass is 16.3. The van der Waals surface area contributed by atoms with Gasteiger partial charge in [0.15, 0.2) is 17.3 Å². The number of rotatable bonds is 6. The second-order valence-corrected chi connectivity index (χ2v) is 5.73. The highest BCUT2D eigenvalue weighted by Crippen LogP contribution is 2.19. The van der Waals surface area contributed by atoms with Gasteiger partial charge in [0.2, 0.25) is 0 Å². The van der Waals surface area contributed by atoms with E-state index < -0.39 is 0 Å². The van der Waals surface area contributed by atoms with Gasteiger partial charge in [0.25, 0.3) is 5.91 Å². The van der Waals surface area contributed by atoms with E-state index in [-0.39, 0.29) is 23.6 Å². The number of furan rings is 1. The molecule has 126 valence electrons. The van der Waals surface area contributed by atoms with Crippen molar-refractivity contribution in [1.82, 2.24) is 30.7 Å². The standard InChI is InChI=1S/C16H20N6O2/c1-4-9(2)14-18-15(22-21-14)10(3)17-16(23)12-8-11(19-20-12)13-6-5-7-24-13/h5-10H,4H2,1-3H3,(H,17,23)(H,19,20)(H,18,21,22)/t9-,10+/m0/s1. The summed E-state index contributed by atoms with van der Waals surface area (Å²) in [7, 11) is 0. The zero-order valence-electron chi connectivity index (χ0n) is 13.8. The highest BCUT2D eigenvalue weighted by molar-refractivity contribution is 5.93. The number of hydrogen-bond acceptors (Lipinski definition) is 5. The molecular weight excluding hydrogens is 308 g/mol. The number of carbonyl (C=O) groups is 1. The molecule has 0 fully saturated rings. The number of aromatic amines is 2. The van der Waals surface area contributed by atoms with Gasteiger partial charge in [-0.05, 0) is 25.5 Å². The molecule has 3 N–H and O–H groups in total. The predicted octanol–water partition coefficient (Wildman–Crippen LogP) is 2.79. The summed E-state index contributed by atoms with van der Waals surface area (Å²) in [4.78, 5) is 16.8. The third kappa shape index (κ3) is 3.22. The number of H-pyrrole nitrogens is 2. The molecule has 0 radical (unpaired) electrons. The molecule has 3 aromatic rings. The minimum atomic E-state index is -0.299. The van der Waals surface area contributed by atoms with Crippen molar-refractivity contribution in [1.29, 1.82) is 0 Å². The highest BCUT2D eigenvalue weighted by Gasteiger charge is 2.19. The van der Waals surface area contributed by atoms with Gasteiger partial charge >= 0.3 is 0 Å². The van der Waals surface area contributed by atoms with E-state index in [0.29, 0.717) is 17.3 Å². The molecule has 3 aromatic heterocycles. The van der Waals surface area contributed by atoms with Crippen molar-refractivity contribution in [2.45, 2.75) is 39.2 Å². The van der Waals surface area contributed by atoms with Crippen LogP contribution >= 0.6 is 0 Å². The van der Waals surface area contributed by atoms with E-state index in [1.165, 1.54) is 0 Å². The Hall–Kier alpha value is -2.90. The van der Waals surface area contributed by atoms with E-state index in [9.17, 15) is 4.79 Å². The number of nitrogens with zero attached hydrogens (tertiary/aromatic N) is 3. The Kier molecular flexibility index (Phi) is 4.45. The SMILES string of the molecule is CC[C@H](C)c1n[nH]c([C@@H](C)NC(=O)c2cc(-c3ccco3)[nH]n2)n1. The second kappa shape index (κ2) is 6.69. The van der Waals surface area contributed by atoms with Gasteiger partial charge in [-0.25, -0.2) is 4.98 Å². The quantitative estimate of drug-likeness (QED) is 0.644. The molecule has 0 aromatic carbocycles. The molecule has 0 unspecified atom stereocenters. The maximum Gasteiger partial charge on any atom is 0.272 e. The second-order valence-electron chi connectivity index (χ2n) is 5.73. The average molecular weight is 328 g/mol. The zero-order valence-corrected chi connectivity index (χ0v) is 13.8. The van der Waals surface area contributed by atoms with Crippen LogP contribution in [0.3, 0.4) is 0 Å². The number of amides is 1. The van der Waals surface area contributed by atoms with Crippen LogP contribution in [-0.4, -0.2) is 31.3 Å². The maximum absolute atomic E-state index is 12.3. The largest absolute Gasteiger partial charge is 0.463 e. The van der Waals surface area contributed by atoms with Crippen LogP contribution in [0.5, 0.6) is 0 Å². The summed E-state index contributed by atoms with van der Waals surface area (Å²) in [6, 6.07) is 4.91. The summed E-state index contributed by atoms with van der Waals surface area (Å²) in [5.74, 6) is 2.00. The zero-order chi connectivity index (χ0) is 17.1. The first-order valence-electron chi connectivity index (χ1n) is 7.90. The molecule has 0 aliphatic heterocycles. The molecule has 0 saturated carbocycles. The van der Waals surface area contributed by atoms with Gasteiger partial charge in [-0.15, -0.1) is 0 Å². The van der Waals surface area contributed by atoms with Crippen LogP contribution in [0, 0.1) is 0 Å². The van der Waals surface area contributed by atoms with Gasteiger partial charge < -0.3 is 9.73 Å². The minimum Gasteiger partial charge on any atom is -0.463 e. The molecule has 0 aliphatic carbocycles. The van der Waals surface area contributed by atoms with Crippen LogP contribution < -0.4 is 5.32 Å². The van der Waals surface area contributed by atoms with Crippen molar-refractivity contribution in [3.05, 3.63) is 41.8 Å². The van der Waals surface area contributed by atoms with Gasteiger partial charge in [0.05, 0.1) is 12.3 Å². The van der Waals surface area contributed by atoms with Crippen LogP contribution in [0.2, 0.25) is 0 Å². The Morgan fingerprint density at radius 3 is 2.88 bits per heavy atom. The van der Waals surface area contributed by atoms with Crippen molar-refractivity contribution in [3.63, 3.8) is 0 Å². The number of nitrogens with one attached hydrogen (secondary N) is 3. The monoisotopic (exact) mass is 328 g/mol. The Labute approximate surface area is 139 Å². The number of aromatic nitrogens is 5. The Bertz CT molecular complexity index is 804. The first kappa shape index (κ1) is 16.0. The first-order valence-corrected chi connectivity index (χ1v) is 7.90. The van der Waals surface area contributed by atoms with E-state index in [1.54, 1.807) is 24.5 Å². The third-order valence-corrected chi connectivity index (χ3v) is 3.93. The average Bonchev–Trinajstić information content (AvgIpc) is 3.34. The summed E-state index contributed by atoms with van der Waals surface area (Å²) < 4.78 is 5.27. The molecule has 1 amide bonds. The van der Waals surface area contributed by atoms with Crippen molar-refractivity contribution in [2.75, 3.05) is 0 Å². The molecule has 24 heavy (non-hydrogen) atoms. The molecule has 0 spiro atoms. The molecule has 8 nitrogen and oxygen atoms in total.